The lowest BCUT2D eigenvalue weighted by molar-refractivity contribution is -0.116. The second-order valence-electron chi connectivity index (χ2n) is 6.23. The van der Waals surface area contributed by atoms with Crippen LogP contribution >= 0.6 is 0 Å². The van der Waals surface area contributed by atoms with E-state index in [1.165, 1.54) is 6.20 Å². The zero-order valence-corrected chi connectivity index (χ0v) is 16.0. The molecule has 7 heteroatoms. The number of benzene rings is 1. The molecule has 0 spiro atoms. The summed E-state index contributed by atoms with van der Waals surface area (Å²) in [5.41, 5.74) is 7.46. The van der Waals surface area contributed by atoms with Crippen LogP contribution in [0.15, 0.2) is 18.3 Å². The van der Waals surface area contributed by atoms with Gasteiger partial charge in [-0.25, -0.2) is 4.98 Å². The highest BCUT2D eigenvalue weighted by Gasteiger charge is 2.16. The summed E-state index contributed by atoms with van der Waals surface area (Å²) in [7, 11) is 1.57. The number of anilines is 2. The third kappa shape index (κ3) is 4.88. The fourth-order valence-corrected chi connectivity index (χ4v) is 2.45. The number of hydrogen-bond acceptors (Lipinski definition) is 6. The van der Waals surface area contributed by atoms with Gasteiger partial charge < -0.3 is 15.2 Å². The van der Waals surface area contributed by atoms with Gasteiger partial charge in [-0.05, 0) is 18.4 Å². The molecule has 1 aromatic carbocycles. The lowest BCUT2D eigenvalue weighted by atomic mass is 9.99. The Morgan fingerprint density at radius 1 is 1.33 bits per heavy atom. The molecule has 0 aliphatic carbocycles. The molecule has 0 fully saturated rings. The van der Waals surface area contributed by atoms with Crippen molar-refractivity contribution in [2.45, 2.75) is 39.5 Å². The van der Waals surface area contributed by atoms with Crippen molar-refractivity contribution < 1.29 is 14.3 Å². The molecule has 1 aromatic heterocycles. The molecule has 1 amide bonds. The minimum atomic E-state index is -0.165. The molecule has 0 radical (unpaired) electrons. The number of rotatable bonds is 7. The second kappa shape index (κ2) is 8.90. The highest BCUT2D eigenvalue weighted by atomic mass is 16.5. The summed E-state index contributed by atoms with van der Waals surface area (Å²) < 4.78 is 11.3. The number of methoxy groups -OCH3 is 1. The quantitative estimate of drug-likeness (QED) is 0.723. The number of amides is 1. The summed E-state index contributed by atoms with van der Waals surface area (Å²) in [4.78, 5) is 19.8. The van der Waals surface area contributed by atoms with Crippen molar-refractivity contribution in [2.24, 2.45) is 0 Å². The number of aromatic nitrogens is 2. The Morgan fingerprint density at radius 2 is 2.07 bits per heavy atom. The zero-order chi connectivity index (χ0) is 20.0. The number of carbonyl (C=O) groups is 1. The molecule has 0 aliphatic rings. The van der Waals surface area contributed by atoms with Crippen LogP contribution in [-0.2, 0) is 4.79 Å². The van der Waals surface area contributed by atoms with Gasteiger partial charge in [0.1, 0.15) is 11.5 Å². The Morgan fingerprint density at radius 3 is 2.63 bits per heavy atom. The molecule has 0 bridgehead atoms. The monoisotopic (exact) mass is 368 g/mol. The molecule has 0 aliphatic heterocycles. The van der Waals surface area contributed by atoms with E-state index in [-0.39, 0.29) is 29.3 Å². The smallest absolute Gasteiger partial charge is 0.231 e. The van der Waals surface area contributed by atoms with Crippen molar-refractivity contribution in [2.75, 3.05) is 18.2 Å². The predicted octanol–water partition coefficient (Wildman–Crippen LogP) is 3.70. The van der Waals surface area contributed by atoms with Gasteiger partial charge in [0.15, 0.2) is 11.6 Å². The van der Waals surface area contributed by atoms with Gasteiger partial charge in [-0.1, -0.05) is 26.7 Å². The minimum absolute atomic E-state index is 0.115. The fraction of sp³-hybridized carbons (Fsp3) is 0.350. The predicted molar refractivity (Wildman–Crippen MR) is 105 cm³/mol. The lowest BCUT2D eigenvalue weighted by Crippen LogP contribution is -2.14. The van der Waals surface area contributed by atoms with Crippen LogP contribution in [0.4, 0.5) is 11.8 Å². The summed E-state index contributed by atoms with van der Waals surface area (Å²) >= 11 is 0. The molecular formula is C20H24N4O3. The van der Waals surface area contributed by atoms with Crippen LogP contribution in [0.3, 0.4) is 0 Å². The third-order valence-electron chi connectivity index (χ3n) is 3.84. The first kappa shape index (κ1) is 20.0. The molecule has 0 atom stereocenters. The number of nitrogens with two attached hydrogens (primary N) is 1. The van der Waals surface area contributed by atoms with Gasteiger partial charge in [0.2, 0.25) is 11.9 Å². The summed E-state index contributed by atoms with van der Waals surface area (Å²) in [6.07, 6.45) is 8.11. The Labute approximate surface area is 159 Å². The van der Waals surface area contributed by atoms with Crippen LogP contribution in [0.1, 0.15) is 50.7 Å². The van der Waals surface area contributed by atoms with Crippen molar-refractivity contribution in [3.8, 4) is 29.6 Å². The van der Waals surface area contributed by atoms with Crippen LogP contribution in [0, 0.1) is 12.3 Å². The molecular weight excluding hydrogens is 344 g/mol. The van der Waals surface area contributed by atoms with Gasteiger partial charge in [0.05, 0.1) is 18.9 Å². The molecule has 2 rings (SSSR count). The maximum absolute atomic E-state index is 11.7. The molecule has 2 aromatic rings. The Hall–Kier alpha value is -3.27. The second-order valence-corrected chi connectivity index (χ2v) is 6.23. The Kier molecular flexibility index (Phi) is 6.61. The first-order chi connectivity index (χ1) is 12.9. The Balaban J connectivity index is 2.33. The van der Waals surface area contributed by atoms with Crippen LogP contribution in [0.25, 0.3) is 0 Å². The highest BCUT2D eigenvalue weighted by molar-refractivity contribution is 5.89. The number of carbonyl (C=O) groups excluding carboxylic acids is 1. The van der Waals surface area contributed by atoms with E-state index in [0.29, 0.717) is 23.5 Å². The molecule has 142 valence electrons. The highest BCUT2D eigenvalue weighted by Crippen LogP contribution is 2.37. The van der Waals surface area contributed by atoms with Crippen molar-refractivity contribution in [1.82, 2.24) is 9.97 Å². The van der Waals surface area contributed by atoms with Gasteiger partial charge in [-0.2, -0.15) is 4.98 Å². The summed E-state index contributed by atoms with van der Waals surface area (Å²) in [6, 6.07) is 3.58. The molecule has 0 saturated heterocycles. The lowest BCUT2D eigenvalue weighted by Gasteiger charge is -2.17. The normalized spacial score (nSPS) is 10.4. The fourth-order valence-electron chi connectivity index (χ4n) is 2.45. The number of nitrogens with one attached hydrogen (secondary N) is 1. The van der Waals surface area contributed by atoms with Gasteiger partial charge >= 0.3 is 0 Å². The molecule has 7 nitrogen and oxygen atoms in total. The standard InChI is InChI=1S/C20H24N4O3/c1-6-8-18(25)23-20-22-11-17(19(21)24-20)27-16-9-13(7-2)15(26-5)10-14(16)12(3)4/h2,9-12H,6,8H2,1,3-5H3,(H3,21,22,23,24,25). The average molecular weight is 368 g/mol. The maximum Gasteiger partial charge on any atom is 0.231 e. The van der Waals surface area contributed by atoms with Crippen LogP contribution in [0.5, 0.6) is 17.2 Å². The number of hydrogen-bond donors (Lipinski definition) is 2. The van der Waals surface area contributed by atoms with Crippen molar-refractivity contribution in [1.29, 1.82) is 0 Å². The van der Waals surface area contributed by atoms with E-state index < -0.39 is 0 Å². The van der Waals surface area contributed by atoms with E-state index in [0.717, 1.165) is 12.0 Å². The maximum atomic E-state index is 11.7. The first-order valence-electron chi connectivity index (χ1n) is 8.68. The van der Waals surface area contributed by atoms with Crippen LogP contribution in [-0.4, -0.2) is 23.0 Å². The molecule has 0 unspecified atom stereocenters. The van der Waals surface area contributed by atoms with Crippen LogP contribution in [0.2, 0.25) is 0 Å². The van der Waals surface area contributed by atoms with E-state index in [1.54, 1.807) is 13.2 Å². The van der Waals surface area contributed by atoms with E-state index in [1.807, 2.05) is 26.8 Å². The van der Waals surface area contributed by atoms with Crippen molar-refractivity contribution in [3.63, 3.8) is 0 Å². The van der Waals surface area contributed by atoms with Gasteiger partial charge in [-0.3, -0.25) is 10.1 Å². The van der Waals surface area contributed by atoms with Gasteiger partial charge in [0.25, 0.3) is 0 Å². The first-order valence-corrected chi connectivity index (χ1v) is 8.68. The van der Waals surface area contributed by atoms with Crippen LogP contribution < -0.4 is 20.5 Å². The molecule has 0 saturated carbocycles. The topological polar surface area (TPSA) is 99.4 Å². The van der Waals surface area contributed by atoms with Crippen molar-refractivity contribution >= 4 is 17.7 Å². The van der Waals surface area contributed by atoms with Gasteiger partial charge in [0, 0.05) is 18.1 Å². The third-order valence-corrected chi connectivity index (χ3v) is 3.84. The van der Waals surface area contributed by atoms with E-state index in [4.69, 9.17) is 21.6 Å². The summed E-state index contributed by atoms with van der Waals surface area (Å²) in [6.45, 7) is 5.98. The molecule has 27 heavy (non-hydrogen) atoms. The summed E-state index contributed by atoms with van der Waals surface area (Å²) in [5, 5.41) is 2.60. The number of ether oxygens (including phenoxy) is 2. The molecule has 3 N–H and O–H groups in total. The minimum Gasteiger partial charge on any atom is -0.495 e. The number of terminal acetylenes is 1. The van der Waals surface area contributed by atoms with E-state index in [9.17, 15) is 4.79 Å². The zero-order valence-electron chi connectivity index (χ0n) is 16.0. The van der Waals surface area contributed by atoms with E-state index in [2.05, 4.69) is 21.2 Å². The number of nitrogens with zero attached hydrogens (tertiary/aromatic N) is 2. The Bertz CT molecular complexity index is 872. The SMILES string of the molecule is C#Cc1cc(Oc2cnc(NC(=O)CCC)nc2N)c(C(C)C)cc1OC. The van der Waals surface area contributed by atoms with Crippen molar-refractivity contribution in [3.05, 3.63) is 29.5 Å². The molecule has 1 heterocycles. The van der Waals surface area contributed by atoms with E-state index >= 15 is 0 Å². The summed E-state index contributed by atoms with van der Waals surface area (Å²) in [5.74, 6) is 4.27. The van der Waals surface area contributed by atoms with Gasteiger partial charge in [-0.15, -0.1) is 6.42 Å². The number of nitrogen functional groups attached to an aromatic ring is 1. The average Bonchev–Trinajstić information content (AvgIpc) is 2.63. The largest absolute Gasteiger partial charge is 0.495 e.